The van der Waals surface area contributed by atoms with Gasteiger partial charge in [0.05, 0.1) is 5.54 Å². The van der Waals surface area contributed by atoms with Crippen LogP contribution in [0.2, 0.25) is 0 Å². The minimum absolute atomic E-state index is 0.0703. The van der Waals surface area contributed by atoms with E-state index < -0.39 is 0 Å². The van der Waals surface area contributed by atoms with Crippen LogP contribution in [0.25, 0.3) is 11.5 Å². The quantitative estimate of drug-likeness (QED) is 0.693. The Labute approximate surface area is 163 Å². The van der Waals surface area contributed by atoms with Crippen molar-refractivity contribution in [2.24, 2.45) is 0 Å². The topological polar surface area (TPSA) is 68.0 Å². The first-order valence-corrected chi connectivity index (χ1v) is 9.51. The average molecular weight is 379 g/mol. The number of amides is 1. The molecule has 1 aliphatic carbocycles. The molecule has 0 radical (unpaired) electrons. The number of carbonyl (C=O) groups is 1. The van der Waals surface area contributed by atoms with Crippen LogP contribution in [0.15, 0.2) is 52.9 Å². The molecule has 0 spiro atoms. The van der Waals surface area contributed by atoms with Gasteiger partial charge in [0.2, 0.25) is 17.7 Å². The van der Waals surface area contributed by atoms with Crippen LogP contribution in [0.4, 0.5) is 4.39 Å². The SMILES string of the molecule is Cc1ccc(-c2nnc(CCC(=O)NC3(c4ccc(F)cc4)CCC3)o2)cc1. The van der Waals surface area contributed by atoms with Gasteiger partial charge in [-0.2, -0.15) is 0 Å². The van der Waals surface area contributed by atoms with Crippen LogP contribution in [0.5, 0.6) is 0 Å². The average Bonchev–Trinajstić information content (AvgIpc) is 3.13. The largest absolute Gasteiger partial charge is 0.421 e. The van der Waals surface area contributed by atoms with Crippen molar-refractivity contribution in [1.29, 1.82) is 0 Å². The zero-order valence-electron chi connectivity index (χ0n) is 15.7. The number of nitrogens with one attached hydrogen (secondary N) is 1. The monoisotopic (exact) mass is 379 g/mol. The third-order valence-electron chi connectivity index (χ3n) is 5.31. The molecule has 0 aliphatic heterocycles. The Morgan fingerprint density at radius 1 is 1.11 bits per heavy atom. The van der Waals surface area contributed by atoms with Crippen molar-refractivity contribution in [2.75, 3.05) is 0 Å². The number of halogens is 1. The van der Waals surface area contributed by atoms with Gasteiger partial charge >= 0.3 is 0 Å². The van der Waals surface area contributed by atoms with Gasteiger partial charge in [-0.05, 0) is 56.0 Å². The summed E-state index contributed by atoms with van der Waals surface area (Å²) in [6, 6.07) is 14.2. The number of aromatic nitrogens is 2. The van der Waals surface area contributed by atoms with Gasteiger partial charge in [0.25, 0.3) is 0 Å². The van der Waals surface area contributed by atoms with E-state index in [4.69, 9.17) is 4.42 Å². The molecule has 1 fully saturated rings. The van der Waals surface area contributed by atoms with Crippen molar-refractivity contribution >= 4 is 5.91 Å². The van der Waals surface area contributed by atoms with Gasteiger partial charge in [0.15, 0.2) is 0 Å². The lowest BCUT2D eigenvalue weighted by atomic mass is 9.71. The van der Waals surface area contributed by atoms with E-state index in [0.29, 0.717) is 18.2 Å². The highest BCUT2D eigenvalue weighted by Gasteiger charge is 2.39. The van der Waals surface area contributed by atoms with Crippen LogP contribution in [0, 0.1) is 12.7 Å². The van der Waals surface area contributed by atoms with Gasteiger partial charge in [-0.25, -0.2) is 4.39 Å². The van der Waals surface area contributed by atoms with E-state index in [0.717, 1.165) is 36.0 Å². The summed E-state index contributed by atoms with van der Waals surface area (Å²) in [7, 11) is 0. The lowest BCUT2D eigenvalue weighted by Crippen LogP contribution is -2.50. The summed E-state index contributed by atoms with van der Waals surface area (Å²) < 4.78 is 18.9. The zero-order chi connectivity index (χ0) is 19.6. The molecule has 1 heterocycles. The zero-order valence-corrected chi connectivity index (χ0v) is 15.7. The van der Waals surface area contributed by atoms with Gasteiger partial charge in [-0.3, -0.25) is 4.79 Å². The van der Waals surface area contributed by atoms with E-state index in [9.17, 15) is 9.18 Å². The second-order valence-corrected chi connectivity index (χ2v) is 7.36. The third kappa shape index (κ3) is 3.81. The standard InChI is InChI=1S/C22H22FN3O2/c1-15-3-5-16(6-4-15)21-26-25-20(28-21)12-11-19(27)24-22(13-2-14-22)17-7-9-18(23)10-8-17/h3-10H,2,11-14H2,1H3,(H,24,27). The summed E-state index contributed by atoms with van der Waals surface area (Å²) in [5.74, 6) is 0.553. The van der Waals surface area contributed by atoms with Crippen molar-refractivity contribution < 1.29 is 13.6 Å². The van der Waals surface area contributed by atoms with Crippen LogP contribution >= 0.6 is 0 Å². The number of hydrogen-bond donors (Lipinski definition) is 1. The Morgan fingerprint density at radius 2 is 1.82 bits per heavy atom. The maximum Gasteiger partial charge on any atom is 0.247 e. The summed E-state index contributed by atoms with van der Waals surface area (Å²) in [5, 5.41) is 11.2. The molecule has 1 N–H and O–H groups in total. The number of rotatable bonds is 6. The highest BCUT2D eigenvalue weighted by Crippen LogP contribution is 2.41. The molecular formula is C22H22FN3O2. The lowest BCUT2D eigenvalue weighted by molar-refractivity contribution is -0.124. The number of hydrogen-bond acceptors (Lipinski definition) is 4. The maximum atomic E-state index is 13.2. The molecule has 2 aromatic carbocycles. The minimum Gasteiger partial charge on any atom is -0.421 e. The fourth-order valence-corrected chi connectivity index (χ4v) is 3.50. The van der Waals surface area contributed by atoms with E-state index in [2.05, 4.69) is 15.5 Å². The van der Waals surface area contributed by atoms with Gasteiger partial charge < -0.3 is 9.73 Å². The molecule has 144 valence electrons. The predicted molar refractivity (Wildman–Crippen MR) is 103 cm³/mol. The molecule has 3 aromatic rings. The van der Waals surface area contributed by atoms with Gasteiger partial charge in [0, 0.05) is 18.4 Å². The lowest BCUT2D eigenvalue weighted by Gasteiger charge is -2.43. The highest BCUT2D eigenvalue weighted by atomic mass is 19.1. The normalized spacial score (nSPS) is 15.1. The van der Waals surface area contributed by atoms with Crippen LogP contribution in [0.3, 0.4) is 0 Å². The van der Waals surface area contributed by atoms with E-state index >= 15 is 0 Å². The predicted octanol–water partition coefficient (Wildman–Crippen LogP) is 4.31. The fourth-order valence-electron chi connectivity index (χ4n) is 3.50. The van der Waals surface area contributed by atoms with Crippen LogP contribution in [-0.2, 0) is 16.8 Å². The third-order valence-corrected chi connectivity index (χ3v) is 5.31. The summed E-state index contributed by atoms with van der Waals surface area (Å²) in [6.07, 6.45) is 3.41. The van der Waals surface area contributed by atoms with Crippen LogP contribution in [-0.4, -0.2) is 16.1 Å². The second-order valence-electron chi connectivity index (χ2n) is 7.36. The first-order chi connectivity index (χ1) is 13.5. The Bertz CT molecular complexity index is 960. The molecule has 1 saturated carbocycles. The van der Waals surface area contributed by atoms with Crippen molar-refractivity contribution in [1.82, 2.24) is 15.5 Å². The molecule has 1 aromatic heterocycles. The van der Waals surface area contributed by atoms with E-state index in [1.54, 1.807) is 12.1 Å². The Hall–Kier alpha value is -3.02. The van der Waals surface area contributed by atoms with Gasteiger partial charge in [-0.1, -0.05) is 29.8 Å². The van der Waals surface area contributed by atoms with Crippen molar-refractivity contribution in [2.45, 2.75) is 44.6 Å². The fraction of sp³-hybridized carbons (Fsp3) is 0.318. The highest BCUT2D eigenvalue weighted by molar-refractivity contribution is 5.77. The molecule has 4 rings (SSSR count). The van der Waals surface area contributed by atoms with Crippen molar-refractivity contribution in [3.63, 3.8) is 0 Å². The number of carbonyl (C=O) groups excluding carboxylic acids is 1. The molecule has 5 nitrogen and oxygen atoms in total. The van der Waals surface area contributed by atoms with Crippen LogP contribution < -0.4 is 5.32 Å². The molecule has 1 amide bonds. The molecular weight excluding hydrogens is 357 g/mol. The van der Waals surface area contributed by atoms with E-state index in [1.807, 2.05) is 31.2 Å². The first kappa shape index (κ1) is 18.3. The molecule has 0 bridgehead atoms. The molecule has 1 aliphatic rings. The van der Waals surface area contributed by atoms with E-state index in [-0.39, 0.29) is 23.7 Å². The summed E-state index contributed by atoms with van der Waals surface area (Å²) in [4.78, 5) is 12.5. The number of aryl methyl sites for hydroxylation is 2. The summed E-state index contributed by atoms with van der Waals surface area (Å²) >= 11 is 0. The number of nitrogens with zero attached hydrogens (tertiary/aromatic N) is 2. The van der Waals surface area contributed by atoms with Crippen molar-refractivity contribution in [3.8, 4) is 11.5 Å². The summed E-state index contributed by atoms with van der Waals surface area (Å²) in [6.45, 7) is 2.02. The summed E-state index contributed by atoms with van der Waals surface area (Å²) in [5.41, 5.74) is 2.59. The van der Waals surface area contributed by atoms with Crippen molar-refractivity contribution in [3.05, 3.63) is 71.4 Å². The molecule has 6 heteroatoms. The Morgan fingerprint density at radius 3 is 2.46 bits per heavy atom. The van der Waals surface area contributed by atoms with Gasteiger partial charge in [-0.15, -0.1) is 10.2 Å². The smallest absolute Gasteiger partial charge is 0.247 e. The molecule has 28 heavy (non-hydrogen) atoms. The van der Waals surface area contributed by atoms with Gasteiger partial charge in [0.1, 0.15) is 5.82 Å². The first-order valence-electron chi connectivity index (χ1n) is 9.51. The van der Waals surface area contributed by atoms with Crippen LogP contribution in [0.1, 0.15) is 42.7 Å². The Kier molecular flexibility index (Phi) is 4.94. The molecule has 0 unspecified atom stereocenters. The van der Waals surface area contributed by atoms with E-state index in [1.165, 1.54) is 12.1 Å². The minimum atomic E-state index is -0.382. The second kappa shape index (κ2) is 7.54. The Balaban J connectivity index is 1.37. The maximum absolute atomic E-state index is 13.2. The number of benzene rings is 2. The molecule has 0 atom stereocenters. The molecule has 0 saturated heterocycles.